The van der Waals surface area contributed by atoms with E-state index in [0.717, 1.165) is 5.56 Å². The number of halogens is 1. The maximum Gasteiger partial charge on any atom is 0.228 e. The second-order valence-corrected chi connectivity index (χ2v) is 5.23. The van der Waals surface area contributed by atoms with Gasteiger partial charge in [-0.25, -0.2) is 4.39 Å². The zero-order valence-corrected chi connectivity index (χ0v) is 10.8. The smallest absolute Gasteiger partial charge is 0.228 e. The van der Waals surface area contributed by atoms with Crippen molar-refractivity contribution in [2.24, 2.45) is 11.7 Å². The summed E-state index contributed by atoms with van der Waals surface area (Å²) >= 11 is 0. The molecule has 1 heterocycles. The molecule has 3 rings (SSSR count). The predicted octanol–water partition coefficient (Wildman–Crippen LogP) is 2.46. The first-order chi connectivity index (χ1) is 9.11. The average molecular weight is 261 g/mol. The molecule has 1 unspecified atom stereocenters. The Bertz CT molecular complexity index is 572. The number of nitrogens with zero attached hydrogens (tertiary/aromatic N) is 2. The Balaban J connectivity index is 1.79. The highest BCUT2D eigenvalue weighted by Crippen LogP contribution is 2.32. The summed E-state index contributed by atoms with van der Waals surface area (Å²) in [5, 5.41) is 3.89. The summed E-state index contributed by atoms with van der Waals surface area (Å²) in [5.41, 5.74) is 7.48. The summed E-state index contributed by atoms with van der Waals surface area (Å²) in [6.45, 7) is 1.83. The van der Waals surface area contributed by atoms with Gasteiger partial charge in [0.15, 0.2) is 0 Å². The van der Waals surface area contributed by atoms with E-state index in [1.807, 2.05) is 13.0 Å². The zero-order chi connectivity index (χ0) is 13.4. The molecule has 19 heavy (non-hydrogen) atoms. The van der Waals surface area contributed by atoms with Crippen LogP contribution in [0, 0.1) is 18.7 Å². The number of hydrogen-bond donors (Lipinski definition) is 1. The van der Waals surface area contributed by atoms with Crippen LogP contribution in [0.5, 0.6) is 0 Å². The predicted molar refractivity (Wildman–Crippen MR) is 68.8 cm³/mol. The Labute approximate surface area is 110 Å². The van der Waals surface area contributed by atoms with Gasteiger partial charge in [-0.2, -0.15) is 4.98 Å². The van der Waals surface area contributed by atoms with Crippen molar-refractivity contribution >= 4 is 0 Å². The van der Waals surface area contributed by atoms with Crippen LogP contribution in [-0.2, 0) is 6.42 Å². The fourth-order valence-electron chi connectivity index (χ4n) is 2.21. The maximum absolute atomic E-state index is 13.3. The number of benzene rings is 1. The van der Waals surface area contributed by atoms with Gasteiger partial charge in [-0.05, 0) is 49.4 Å². The van der Waals surface area contributed by atoms with Crippen molar-refractivity contribution < 1.29 is 8.91 Å². The Morgan fingerprint density at radius 1 is 1.42 bits per heavy atom. The summed E-state index contributed by atoms with van der Waals surface area (Å²) in [4.78, 5) is 4.29. The topological polar surface area (TPSA) is 64.9 Å². The van der Waals surface area contributed by atoms with Crippen LogP contribution in [0.25, 0.3) is 11.4 Å². The van der Waals surface area contributed by atoms with E-state index in [0.29, 0.717) is 29.6 Å². The van der Waals surface area contributed by atoms with Gasteiger partial charge in [0, 0.05) is 18.0 Å². The third kappa shape index (κ3) is 2.81. The molecule has 0 aliphatic heterocycles. The fourth-order valence-corrected chi connectivity index (χ4v) is 2.21. The van der Waals surface area contributed by atoms with E-state index < -0.39 is 0 Å². The minimum absolute atomic E-state index is 0.0857. The highest BCUT2D eigenvalue weighted by molar-refractivity contribution is 5.55. The highest BCUT2D eigenvalue weighted by Gasteiger charge is 2.29. The van der Waals surface area contributed by atoms with Gasteiger partial charge in [-0.3, -0.25) is 0 Å². The Hall–Kier alpha value is -1.75. The third-order valence-electron chi connectivity index (χ3n) is 3.41. The number of aromatic nitrogens is 2. The first kappa shape index (κ1) is 12.3. The van der Waals surface area contributed by atoms with Crippen molar-refractivity contribution in [3.8, 4) is 11.4 Å². The lowest BCUT2D eigenvalue weighted by atomic mass is 10.1. The second-order valence-electron chi connectivity index (χ2n) is 5.23. The van der Waals surface area contributed by atoms with Crippen LogP contribution in [0.4, 0.5) is 4.39 Å². The van der Waals surface area contributed by atoms with E-state index in [9.17, 15) is 4.39 Å². The van der Waals surface area contributed by atoms with Crippen LogP contribution in [-0.4, -0.2) is 16.2 Å². The van der Waals surface area contributed by atoms with Crippen LogP contribution in [0.2, 0.25) is 0 Å². The van der Waals surface area contributed by atoms with E-state index in [4.69, 9.17) is 10.3 Å². The quantitative estimate of drug-likeness (QED) is 0.918. The van der Waals surface area contributed by atoms with Crippen molar-refractivity contribution in [3.63, 3.8) is 0 Å². The molecule has 0 bridgehead atoms. The largest absolute Gasteiger partial charge is 0.339 e. The van der Waals surface area contributed by atoms with E-state index in [1.165, 1.54) is 25.0 Å². The summed E-state index contributed by atoms with van der Waals surface area (Å²) in [5.74, 6) is 1.24. The van der Waals surface area contributed by atoms with Gasteiger partial charge in [0.05, 0.1) is 0 Å². The molecular weight excluding hydrogens is 245 g/mol. The molecule has 5 heteroatoms. The molecule has 4 nitrogen and oxygen atoms in total. The monoisotopic (exact) mass is 261 g/mol. The van der Waals surface area contributed by atoms with Crippen LogP contribution in [0.1, 0.15) is 24.3 Å². The summed E-state index contributed by atoms with van der Waals surface area (Å²) in [7, 11) is 0. The van der Waals surface area contributed by atoms with Gasteiger partial charge in [-0.15, -0.1) is 0 Å². The van der Waals surface area contributed by atoms with Crippen LogP contribution >= 0.6 is 0 Å². The number of aryl methyl sites for hydroxylation is 1. The lowest BCUT2D eigenvalue weighted by molar-refractivity contribution is 0.364. The summed E-state index contributed by atoms with van der Waals surface area (Å²) in [6.07, 6.45) is 2.96. The molecule has 0 saturated heterocycles. The minimum Gasteiger partial charge on any atom is -0.339 e. The molecule has 1 aromatic carbocycles. The first-order valence-electron chi connectivity index (χ1n) is 6.47. The molecule has 0 amide bonds. The first-order valence-corrected chi connectivity index (χ1v) is 6.47. The molecule has 1 aliphatic carbocycles. The molecule has 2 aromatic rings. The molecule has 0 spiro atoms. The molecule has 1 saturated carbocycles. The molecule has 0 radical (unpaired) electrons. The van der Waals surface area contributed by atoms with Gasteiger partial charge in [0.2, 0.25) is 11.7 Å². The van der Waals surface area contributed by atoms with Gasteiger partial charge < -0.3 is 10.3 Å². The lowest BCUT2D eigenvalue weighted by Gasteiger charge is -2.04. The molecule has 100 valence electrons. The zero-order valence-electron chi connectivity index (χ0n) is 10.8. The summed E-state index contributed by atoms with van der Waals surface area (Å²) in [6, 6.07) is 4.79. The molecule has 1 aliphatic rings. The fraction of sp³-hybridized carbons (Fsp3) is 0.429. The summed E-state index contributed by atoms with van der Waals surface area (Å²) < 4.78 is 18.5. The van der Waals surface area contributed by atoms with Crippen molar-refractivity contribution in [1.29, 1.82) is 0 Å². The van der Waals surface area contributed by atoms with Crippen molar-refractivity contribution in [1.82, 2.24) is 10.1 Å². The van der Waals surface area contributed by atoms with Crippen molar-refractivity contribution in [3.05, 3.63) is 35.5 Å². The Morgan fingerprint density at radius 2 is 2.21 bits per heavy atom. The molecule has 1 fully saturated rings. The Morgan fingerprint density at radius 3 is 2.89 bits per heavy atom. The second kappa shape index (κ2) is 4.74. The number of nitrogens with two attached hydrogens (primary N) is 1. The Kier molecular flexibility index (Phi) is 3.06. The molecule has 1 aromatic heterocycles. The van der Waals surface area contributed by atoms with Gasteiger partial charge in [0.25, 0.3) is 0 Å². The third-order valence-corrected chi connectivity index (χ3v) is 3.41. The van der Waals surface area contributed by atoms with Gasteiger partial charge in [-0.1, -0.05) is 5.16 Å². The number of hydrogen-bond acceptors (Lipinski definition) is 4. The molecule has 2 N–H and O–H groups in total. The van der Waals surface area contributed by atoms with E-state index in [1.54, 1.807) is 0 Å². The van der Waals surface area contributed by atoms with Crippen LogP contribution in [0.15, 0.2) is 22.7 Å². The number of rotatable bonds is 4. The average Bonchev–Trinajstić information content (AvgIpc) is 3.09. The minimum atomic E-state index is -0.295. The molecular formula is C14H16FN3O. The lowest BCUT2D eigenvalue weighted by Crippen LogP contribution is -2.25. The highest BCUT2D eigenvalue weighted by atomic mass is 19.1. The maximum atomic E-state index is 13.3. The van der Waals surface area contributed by atoms with Crippen LogP contribution < -0.4 is 5.73 Å². The SMILES string of the molecule is Cc1cc(F)cc(-c2noc(CC(N)C3CC3)n2)c1. The normalized spacial score (nSPS) is 16.6. The van der Waals surface area contributed by atoms with Gasteiger partial charge in [0.1, 0.15) is 5.82 Å². The standard InChI is InChI=1S/C14H16FN3O/c1-8-4-10(6-11(15)5-8)14-17-13(19-18-14)7-12(16)9-2-3-9/h4-6,9,12H,2-3,7,16H2,1H3. The van der Waals surface area contributed by atoms with Crippen LogP contribution in [0.3, 0.4) is 0 Å². The van der Waals surface area contributed by atoms with E-state index >= 15 is 0 Å². The van der Waals surface area contributed by atoms with Gasteiger partial charge >= 0.3 is 0 Å². The van der Waals surface area contributed by atoms with Crippen molar-refractivity contribution in [2.45, 2.75) is 32.2 Å². The van der Waals surface area contributed by atoms with E-state index in [2.05, 4.69) is 10.1 Å². The van der Waals surface area contributed by atoms with E-state index in [-0.39, 0.29) is 11.9 Å². The molecule has 1 atom stereocenters. The van der Waals surface area contributed by atoms with Crippen molar-refractivity contribution in [2.75, 3.05) is 0 Å².